The van der Waals surface area contributed by atoms with E-state index in [9.17, 15) is 0 Å². The van der Waals surface area contributed by atoms with E-state index >= 15 is 0 Å². The van der Waals surface area contributed by atoms with E-state index in [1.807, 2.05) is 6.08 Å². The van der Waals surface area contributed by atoms with Crippen LogP contribution < -0.4 is 9.48 Å². The van der Waals surface area contributed by atoms with Gasteiger partial charge in [0, 0.05) is 58.8 Å². The first kappa shape index (κ1) is 24.8. The highest BCUT2D eigenvalue weighted by Gasteiger charge is 2.39. The third kappa shape index (κ3) is 4.53. The average molecular weight is 486 g/mol. The van der Waals surface area contributed by atoms with E-state index in [2.05, 4.69) is 141 Å². The fourth-order valence-electron chi connectivity index (χ4n) is 5.84. The van der Waals surface area contributed by atoms with Crippen molar-refractivity contribution in [1.29, 1.82) is 0 Å². The molecule has 2 aliphatic rings. The molecule has 0 atom stereocenters. The predicted molar refractivity (Wildman–Crippen MR) is 160 cm³/mol. The van der Waals surface area contributed by atoms with Crippen LogP contribution in [0.3, 0.4) is 0 Å². The van der Waals surface area contributed by atoms with Gasteiger partial charge >= 0.3 is 0 Å². The molecule has 2 nitrogen and oxygen atoms in total. The zero-order valence-corrected chi connectivity index (χ0v) is 22.5. The summed E-state index contributed by atoms with van der Waals surface area (Å²) in [6.07, 6.45) is 10.9. The van der Waals surface area contributed by atoms with Gasteiger partial charge in [-0.15, -0.1) is 0 Å². The molecule has 2 heteroatoms. The smallest absolute Gasteiger partial charge is 0.218 e. The quantitative estimate of drug-likeness (QED) is 0.327. The van der Waals surface area contributed by atoms with Gasteiger partial charge in [-0.1, -0.05) is 92.7 Å². The van der Waals surface area contributed by atoms with Crippen LogP contribution in [0, 0.1) is 6.92 Å². The number of aryl methyl sites for hydroxylation is 1. The van der Waals surface area contributed by atoms with Gasteiger partial charge in [-0.25, -0.2) is 0 Å². The Morgan fingerprint density at radius 2 is 1.43 bits per heavy atom. The highest BCUT2D eigenvalue weighted by Crippen LogP contribution is 2.48. The van der Waals surface area contributed by atoms with Crippen molar-refractivity contribution >= 4 is 22.8 Å². The van der Waals surface area contributed by atoms with Crippen LogP contribution in [-0.2, 0) is 5.41 Å². The van der Waals surface area contributed by atoms with Gasteiger partial charge in [0.15, 0.2) is 0 Å². The van der Waals surface area contributed by atoms with Crippen molar-refractivity contribution in [3.8, 4) is 0 Å². The van der Waals surface area contributed by atoms with Crippen LogP contribution >= 0.6 is 0 Å². The number of fused-ring (bicyclic) bond motifs is 1. The van der Waals surface area contributed by atoms with Gasteiger partial charge < -0.3 is 4.90 Å². The van der Waals surface area contributed by atoms with E-state index in [0.717, 1.165) is 19.4 Å². The summed E-state index contributed by atoms with van der Waals surface area (Å²) < 4.78 is 2.40. The second-order valence-electron chi connectivity index (χ2n) is 10.4. The number of allylic oxidation sites excluding steroid dienone is 7. The molecule has 0 unspecified atom stereocenters. The fraction of sp³-hybridized carbons (Fsp3) is 0.229. The van der Waals surface area contributed by atoms with Gasteiger partial charge in [0.25, 0.3) is 0 Å². The molecule has 1 saturated carbocycles. The van der Waals surface area contributed by atoms with Crippen molar-refractivity contribution < 1.29 is 0 Å². The zero-order valence-electron chi connectivity index (χ0n) is 22.5. The van der Waals surface area contributed by atoms with Gasteiger partial charge in [-0.05, 0) is 44.4 Å². The number of benzene rings is 3. The molecule has 0 bridgehead atoms. The van der Waals surface area contributed by atoms with E-state index in [1.165, 1.54) is 50.7 Å². The maximum atomic E-state index is 4.02. The number of anilines is 1. The molecule has 0 aromatic heterocycles. The van der Waals surface area contributed by atoms with Crippen molar-refractivity contribution in [2.75, 3.05) is 11.4 Å². The largest absolute Gasteiger partial charge is 0.344 e. The van der Waals surface area contributed by atoms with Crippen LogP contribution in [0.5, 0.6) is 0 Å². The summed E-state index contributed by atoms with van der Waals surface area (Å²) in [6.45, 7) is 14.1. The molecule has 1 aliphatic heterocycles. The van der Waals surface area contributed by atoms with Crippen molar-refractivity contribution in [2.45, 2.75) is 46.0 Å². The summed E-state index contributed by atoms with van der Waals surface area (Å²) in [6, 6.07) is 28.3. The number of likely N-dealkylation sites (N-methyl/N-ethyl adjacent to an activating group) is 1. The Balaban J connectivity index is 1.71. The van der Waals surface area contributed by atoms with Crippen LogP contribution in [0.15, 0.2) is 127 Å². The van der Waals surface area contributed by atoms with Gasteiger partial charge in [0.2, 0.25) is 17.1 Å². The molecule has 0 N–H and O–H groups in total. The van der Waals surface area contributed by atoms with E-state index in [0.29, 0.717) is 0 Å². The third-order valence-electron chi connectivity index (χ3n) is 7.65. The highest BCUT2D eigenvalue weighted by molar-refractivity contribution is 6.17. The zero-order chi connectivity index (χ0) is 26.0. The molecule has 186 valence electrons. The number of hydrogen-bond donors (Lipinski definition) is 0. The molecule has 0 spiro atoms. The molecule has 0 radical (unpaired) electrons. The predicted octanol–water partition coefficient (Wildman–Crippen LogP) is 8.80. The molecule has 3 aromatic carbocycles. The fourth-order valence-corrected chi connectivity index (χ4v) is 5.84. The van der Waals surface area contributed by atoms with E-state index in [-0.39, 0.29) is 5.41 Å². The SMILES string of the molecule is C=CC=C1CCC(=CC=C2N(CC)c3ccc(C)cc3C2(C)C)C1=[N+](c1ccccc1)c1ccccc1. The molecule has 1 heterocycles. The minimum absolute atomic E-state index is 0.0501. The molecule has 37 heavy (non-hydrogen) atoms. The molecule has 1 aliphatic carbocycles. The second kappa shape index (κ2) is 10.2. The lowest BCUT2D eigenvalue weighted by molar-refractivity contribution is 0.633. The molecular formula is C35H37N2+. The summed E-state index contributed by atoms with van der Waals surface area (Å²) in [7, 11) is 0. The van der Waals surface area contributed by atoms with Crippen molar-refractivity contribution in [2.24, 2.45) is 0 Å². The molecule has 5 rings (SSSR count). The maximum Gasteiger partial charge on any atom is 0.218 e. The normalized spacial score (nSPS) is 19.6. The molecular weight excluding hydrogens is 448 g/mol. The lowest BCUT2D eigenvalue weighted by Crippen LogP contribution is -2.25. The standard InChI is InChI=1S/C35H37N2/c1-6-14-27-20-21-28(34(27)37(29-15-10-8-11-16-29)30-17-12-9-13-18-30)22-24-33-35(4,5)31-25-26(3)19-23-32(31)36(33)7-2/h6,8-19,22-25H,1,7,20-21H2,2-5H3/q+1. The van der Waals surface area contributed by atoms with Crippen molar-refractivity contribution in [1.82, 2.24) is 4.58 Å². The van der Waals surface area contributed by atoms with Crippen LogP contribution in [-0.4, -0.2) is 12.3 Å². The minimum atomic E-state index is -0.0501. The van der Waals surface area contributed by atoms with Gasteiger partial charge in [0.1, 0.15) is 0 Å². The van der Waals surface area contributed by atoms with Crippen molar-refractivity contribution in [3.05, 3.63) is 138 Å². The van der Waals surface area contributed by atoms with Crippen molar-refractivity contribution in [3.63, 3.8) is 0 Å². The molecule has 0 amide bonds. The topological polar surface area (TPSA) is 6.25 Å². The monoisotopic (exact) mass is 485 g/mol. The molecule has 0 saturated heterocycles. The van der Waals surface area contributed by atoms with Gasteiger partial charge in [-0.3, -0.25) is 0 Å². The Hall–Kier alpha value is -3.91. The number of hydrogen-bond acceptors (Lipinski definition) is 1. The number of rotatable bonds is 5. The summed E-state index contributed by atoms with van der Waals surface area (Å²) in [5.74, 6) is 0. The Morgan fingerprint density at radius 1 is 0.838 bits per heavy atom. The lowest BCUT2D eigenvalue weighted by atomic mass is 9.83. The Bertz CT molecular complexity index is 1390. The van der Waals surface area contributed by atoms with Gasteiger partial charge in [-0.2, -0.15) is 4.58 Å². The number of para-hydroxylation sites is 2. The molecule has 1 fully saturated rings. The highest BCUT2D eigenvalue weighted by atomic mass is 15.2. The Labute approximate surface area is 222 Å². The molecule has 3 aromatic rings. The van der Waals surface area contributed by atoms with E-state index in [1.54, 1.807) is 0 Å². The minimum Gasteiger partial charge on any atom is -0.344 e. The van der Waals surface area contributed by atoms with Gasteiger partial charge in [0.05, 0.1) is 0 Å². The lowest BCUT2D eigenvalue weighted by Gasteiger charge is -2.26. The van der Waals surface area contributed by atoms with E-state index < -0.39 is 0 Å². The first-order valence-corrected chi connectivity index (χ1v) is 13.3. The number of nitrogens with zero attached hydrogens (tertiary/aromatic N) is 2. The maximum absolute atomic E-state index is 4.02. The van der Waals surface area contributed by atoms with Crippen LogP contribution in [0.2, 0.25) is 0 Å². The summed E-state index contributed by atoms with van der Waals surface area (Å²) in [4.78, 5) is 2.48. The Morgan fingerprint density at radius 3 is 2.00 bits per heavy atom. The summed E-state index contributed by atoms with van der Waals surface area (Å²) in [5.41, 5.74) is 11.6. The van der Waals surface area contributed by atoms with Crippen LogP contribution in [0.25, 0.3) is 0 Å². The first-order chi connectivity index (χ1) is 18.0. The van der Waals surface area contributed by atoms with Crippen LogP contribution in [0.1, 0.15) is 44.7 Å². The third-order valence-corrected chi connectivity index (χ3v) is 7.65. The summed E-state index contributed by atoms with van der Waals surface area (Å²) >= 11 is 0. The second-order valence-corrected chi connectivity index (χ2v) is 10.4. The first-order valence-electron chi connectivity index (χ1n) is 13.3. The van der Waals surface area contributed by atoms with E-state index in [4.69, 9.17) is 0 Å². The van der Waals surface area contributed by atoms with Crippen LogP contribution in [0.4, 0.5) is 17.1 Å². The Kier molecular flexibility index (Phi) is 6.84. The average Bonchev–Trinajstić information content (AvgIpc) is 3.39. The summed E-state index contributed by atoms with van der Waals surface area (Å²) in [5, 5.41) is 0.